The normalized spacial score (nSPS) is 13.7. The number of halogens is 8. The van der Waals surface area contributed by atoms with Gasteiger partial charge in [0, 0.05) is 0 Å². The minimum absolute atomic E-state index is 0.594. The first-order chi connectivity index (χ1) is 8.90. The summed E-state index contributed by atoms with van der Waals surface area (Å²) in [5, 5.41) is 0. The molecule has 20 heavy (non-hydrogen) atoms. The van der Waals surface area contributed by atoms with Crippen molar-refractivity contribution in [1.29, 1.82) is 0 Å². The van der Waals surface area contributed by atoms with E-state index in [1.807, 2.05) is 0 Å². The zero-order valence-electron chi connectivity index (χ0n) is 9.95. The maximum absolute atomic E-state index is 12.9. The number of ether oxygens (including phenoxy) is 2. The van der Waals surface area contributed by atoms with Crippen LogP contribution in [0.1, 0.15) is 6.42 Å². The third kappa shape index (κ3) is 3.93. The van der Waals surface area contributed by atoms with Gasteiger partial charge >= 0.3 is 30.2 Å². The Morgan fingerprint density at radius 1 is 1.10 bits per heavy atom. The van der Waals surface area contributed by atoms with Crippen molar-refractivity contribution in [3.8, 4) is 0 Å². The quantitative estimate of drug-likeness (QED) is 0.392. The maximum Gasteiger partial charge on any atom is 0.380 e. The molecule has 0 unspecified atom stereocenters. The highest BCUT2D eigenvalue weighted by Crippen LogP contribution is 2.48. The molecule has 0 atom stereocenters. The van der Waals surface area contributed by atoms with Gasteiger partial charge in [-0.3, -0.25) is 4.79 Å². The Kier molecular flexibility index (Phi) is 6.18. The third-order valence-corrected chi connectivity index (χ3v) is 2.11. The van der Waals surface area contributed by atoms with E-state index in [0.29, 0.717) is 0 Å². The Hall–Kier alpha value is -1.13. The fourth-order valence-corrected chi connectivity index (χ4v) is 0.929. The van der Waals surface area contributed by atoms with Gasteiger partial charge in [0.15, 0.2) is 0 Å². The Bertz CT molecular complexity index is 331. The van der Waals surface area contributed by atoms with Crippen molar-refractivity contribution in [1.82, 2.24) is 0 Å². The average molecular weight is 318 g/mol. The topological polar surface area (TPSA) is 35.5 Å². The highest BCUT2D eigenvalue weighted by Gasteiger charge is 2.75. The summed E-state index contributed by atoms with van der Waals surface area (Å²) in [6.07, 6.45) is -5.57. The zero-order chi connectivity index (χ0) is 16.2. The molecule has 120 valence electrons. The largest absolute Gasteiger partial charge is 0.469 e. The van der Waals surface area contributed by atoms with Crippen molar-refractivity contribution in [3.05, 3.63) is 0 Å². The third-order valence-electron chi connectivity index (χ3n) is 2.11. The molecule has 0 aromatic rings. The van der Waals surface area contributed by atoms with Crippen molar-refractivity contribution in [2.24, 2.45) is 0 Å². The number of esters is 1. The molecule has 0 saturated carbocycles. The molecular weight excluding hydrogens is 308 g/mol. The molecule has 0 aromatic heterocycles. The van der Waals surface area contributed by atoms with Crippen LogP contribution in [-0.4, -0.2) is 50.5 Å². The smallest absolute Gasteiger partial charge is 0.380 e. The summed E-state index contributed by atoms with van der Waals surface area (Å²) in [6.45, 7) is -3.07. The van der Waals surface area contributed by atoms with E-state index in [-0.39, 0.29) is 0 Å². The summed E-state index contributed by atoms with van der Waals surface area (Å²) in [7, 11) is 0.953. The Morgan fingerprint density at radius 2 is 1.60 bits per heavy atom. The highest BCUT2D eigenvalue weighted by atomic mass is 19.4. The van der Waals surface area contributed by atoms with Crippen LogP contribution >= 0.6 is 0 Å². The van der Waals surface area contributed by atoms with E-state index in [2.05, 4.69) is 9.47 Å². The summed E-state index contributed by atoms with van der Waals surface area (Å²) in [4.78, 5) is 10.5. The molecular formula is C9H10F8O3. The van der Waals surface area contributed by atoms with Crippen LogP contribution < -0.4 is 0 Å². The summed E-state index contributed by atoms with van der Waals surface area (Å²) in [5.41, 5.74) is 0. The van der Waals surface area contributed by atoms with E-state index in [0.717, 1.165) is 7.11 Å². The van der Waals surface area contributed by atoms with Crippen LogP contribution in [0.25, 0.3) is 0 Å². The van der Waals surface area contributed by atoms with Crippen LogP contribution in [-0.2, 0) is 14.3 Å². The van der Waals surface area contributed by atoms with Gasteiger partial charge in [-0.05, 0) is 0 Å². The lowest BCUT2D eigenvalue weighted by atomic mass is 10.1. The number of carbonyl (C=O) groups is 1. The minimum atomic E-state index is -6.31. The Morgan fingerprint density at radius 3 is 2.00 bits per heavy atom. The summed E-state index contributed by atoms with van der Waals surface area (Å²) in [5.74, 6) is -19.0. The number of carbonyl (C=O) groups excluding carboxylic acids is 1. The van der Waals surface area contributed by atoms with Gasteiger partial charge in [0.05, 0.1) is 20.1 Å². The Balaban J connectivity index is 4.66. The summed E-state index contributed by atoms with van der Waals surface area (Å²) < 4.78 is 107. The molecule has 0 aliphatic heterocycles. The maximum atomic E-state index is 12.9. The standard InChI is InChI=1S/C9H10F8O3/c1-19-5(18)2-3-20-4-7(12,13)9(16,17)8(14,15)6(10)11/h6H,2-4H2,1H3. The SMILES string of the molecule is COC(=O)CCOCC(F)(F)C(F)(F)C(F)(F)C(F)F. The van der Waals surface area contributed by atoms with Crippen LogP contribution in [0.2, 0.25) is 0 Å². The second kappa shape index (κ2) is 6.55. The average Bonchev–Trinajstić information content (AvgIpc) is 2.33. The molecule has 0 bridgehead atoms. The van der Waals surface area contributed by atoms with E-state index < -0.39 is 49.8 Å². The summed E-state index contributed by atoms with van der Waals surface area (Å²) >= 11 is 0. The lowest BCUT2D eigenvalue weighted by Gasteiger charge is -2.31. The van der Waals surface area contributed by atoms with Crippen molar-refractivity contribution < 1.29 is 49.4 Å². The van der Waals surface area contributed by atoms with Gasteiger partial charge in [0.1, 0.15) is 6.61 Å². The lowest BCUT2D eigenvalue weighted by Crippen LogP contribution is -2.59. The second-order valence-electron chi connectivity index (χ2n) is 3.58. The monoisotopic (exact) mass is 318 g/mol. The van der Waals surface area contributed by atoms with Gasteiger partial charge < -0.3 is 9.47 Å². The van der Waals surface area contributed by atoms with Gasteiger partial charge in [0.25, 0.3) is 0 Å². The number of methoxy groups -OCH3 is 1. The molecule has 0 amide bonds. The molecule has 0 spiro atoms. The van der Waals surface area contributed by atoms with Crippen molar-refractivity contribution in [2.75, 3.05) is 20.3 Å². The van der Waals surface area contributed by atoms with Crippen LogP contribution in [0.3, 0.4) is 0 Å². The van der Waals surface area contributed by atoms with Crippen LogP contribution in [0.4, 0.5) is 35.1 Å². The van der Waals surface area contributed by atoms with Gasteiger partial charge in [-0.2, -0.15) is 26.3 Å². The van der Waals surface area contributed by atoms with Crippen LogP contribution in [0.15, 0.2) is 0 Å². The summed E-state index contributed by atoms with van der Waals surface area (Å²) in [6, 6.07) is 0. The fraction of sp³-hybridized carbons (Fsp3) is 0.889. The second-order valence-corrected chi connectivity index (χ2v) is 3.58. The van der Waals surface area contributed by atoms with Gasteiger partial charge in [-0.25, -0.2) is 8.78 Å². The van der Waals surface area contributed by atoms with Gasteiger partial charge in [-0.15, -0.1) is 0 Å². The highest BCUT2D eigenvalue weighted by molar-refractivity contribution is 5.69. The molecule has 3 nitrogen and oxygen atoms in total. The molecule has 0 radical (unpaired) electrons. The van der Waals surface area contributed by atoms with Crippen molar-refractivity contribution >= 4 is 5.97 Å². The fourth-order valence-electron chi connectivity index (χ4n) is 0.929. The van der Waals surface area contributed by atoms with E-state index in [1.165, 1.54) is 0 Å². The molecule has 0 rings (SSSR count). The first-order valence-corrected chi connectivity index (χ1v) is 4.96. The predicted octanol–water partition coefficient (Wildman–Crippen LogP) is 2.74. The molecule has 0 saturated heterocycles. The molecule has 0 aromatic carbocycles. The predicted molar refractivity (Wildman–Crippen MR) is 48.3 cm³/mol. The molecule has 0 fully saturated rings. The molecule has 0 heterocycles. The van der Waals surface area contributed by atoms with E-state index in [9.17, 15) is 39.9 Å². The van der Waals surface area contributed by atoms with Gasteiger partial charge in [0.2, 0.25) is 0 Å². The molecule has 0 N–H and O–H groups in total. The number of alkyl halides is 8. The van der Waals surface area contributed by atoms with Crippen molar-refractivity contribution in [2.45, 2.75) is 30.6 Å². The lowest BCUT2D eigenvalue weighted by molar-refractivity contribution is -0.345. The van der Waals surface area contributed by atoms with Crippen LogP contribution in [0.5, 0.6) is 0 Å². The van der Waals surface area contributed by atoms with E-state index >= 15 is 0 Å². The first-order valence-electron chi connectivity index (χ1n) is 4.96. The molecule has 11 heteroatoms. The van der Waals surface area contributed by atoms with E-state index in [4.69, 9.17) is 0 Å². The first kappa shape index (κ1) is 18.9. The zero-order valence-corrected chi connectivity index (χ0v) is 9.95. The van der Waals surface area contributed by atoms with Crippen LogP contribution in [0, 0.1) is 0 Å². The number of hydrogen-bond acceptors (Lipinski definition) is 3. The van der Waals surface area contributed by atoms with E-state index in [1.54, 1.807) is 0 Å². The molecule has 0 aliphatic carbocycles. The molecule has 0 aliphatic rings. The van der Waals surface area contributed by atoms with Gasteiger partial charge in [-0.1, -0.05) is 0 Å². The number of rotatable bonds is 8. The minimum Gasteiger partial charge on any atom is -0.469 e. The van der Waals surface area contributed by atoms with Crippen molar-refractivity contribution in [3.63, 3.8) is 0 Å². The number of hydrogen-bond donors (Lipinski definition) is 0. The Labute approximate surface area is 107 Å².